The maximum Gasteiger partial charge on any atom is 0.273 e. The fourth-order valence-corrected chi connectivity index (χ4v) is 1.42. The molecule has 0 aliphatic carbocycles. The number of fused-ring (bicyclic) bond motifs is 1. The van der Waals surface area contributed by atoms with Crippen molar-refractivity contribution in [1.82, 2.24) is 0 Å². The van der Waals surface area contributed by atoms with E-state index in [2.05, 4.69) is 6.92 Å². The van der Waals surface area contributed by atoms with Gasteiger partial charge >= 0.3 is 0 Å². The van der Waals surface area contributed by atoms with Gasteiger partial charge in [-0.05, 0) is 16.8 Å². The molecule has 0 bridgehead atoms. The summed E-state index contributed by atoms with van der Waals surface area (Å²) in [5.41, 5.74) is -0.0452. The molecule has 0 amide bonds. The van der Waals surface area contributed by atoms with Crippen LogP contribution in [-0.4, -0.2) is 0 Å². The van der Waals surface area contributed by atoms with E-state index < -0.39 is 5.92 Å². The van der Waals surface area contributed by atoms with Crippen LogP contribution in [0.4, 0.5) is 8.78 Å². The van der Waals surface area contributed by atoms with Gasteiger partial charge in [-0.1, -0.05) is 36.4 Å². The third-order valence-electron chi connectivity index (χ3n) is 2.17. The van der Waals surface area contributed by atoms with E-state index >= 15 is 0 Å². The highest BCUT2D eigenvalue weighted by molar-refractivity contribution is 5.83. The molecule has 0 unspecified atom stereocenters. The van der Waals surface area contributed by atoms with Crippen molar-refractivity contribution in [3.8, 4) is 0 Å². The van der Waals surface area contributed by atoms with Crippen molar-refractivity contribution in [3.05, 3.63) is 55.0 Å². The zero-order valence-electron chi connectivity index (χ0n) is 7.50. The molecule has 0 aliphatic heterocycles. The molecule has 2 rings (SSSR count). The third kappa shape index (κ3) is 1.60. The van der Waals surface area contributed by atoms with Crippen LogP contribution in [0.2, 0.25) is 0 Å². The number of benzene rings is 2. The molecule has 0 aromatic heterocycles. The number of rotatable bonds is 1. The molecule has 0 fully saturated rings. The van der Waals surface area contributed by atoms with E-state index in [1.54, 1.807) is 6.07 Å². The lowest BCUT2D eigenvalue weighted by Gasteiger charge is -2.10. The first-order chi connectivity index (χ1) is 6.57. The third-order valence-corrected chi connectivity index (χ3v) is 2.17. The Labute approximate surface area is 81.2 Å². The molecule has 71 valence electrons. The minimum absolute atomic E-state index is 0.0452. The van der Waals surface area contributed by atoms with Gasteiger partial charge in [0.2, 0.25) is 0 Å². The lowest BCUT2D eigenvalue weighted by Crippen LogP contribution is -2.06. The molecule has 0 saturated carbocycles. The van der Waals surface area contributed by atoms with Crippen LogP contribution < -0.4 is 0 Å². The number of hydrogen-bond acceptors (Lipinski definition) is 0. The molecule has 0 saturated heterocycles. The molecule has 0 atom stereocenters. The summed E-state index contributed by atoms with van der Waals surface area (Å²) in [5, 5.41) is 1.77. The maximum atomic E-state index is 12.9. The highest BCUT2D eigenvalue weighted by atomic mass is 19.3. The summed E-state index contributed by atoms with van der Waals surface area (Å²) in [6, 6.07) is 12.0. The van der Waals surface area contributed by atoms with Crippen molar-refractivity contribution in [2.24, 2.45) is 0 Å². The van der Waals surface area contributed by atoms with Crippen molar-refractivity contribution < 1.29 is 8.78 Å². The molecule has 0 heterocycles. The fraction of sp³-hybridized carbons (Fsp3) is 0.0833. The Balaban J connectivity index is 2.63. The molecular weight excluding hydrogens is 182 g/mol. The molecule has 2 aromatic carbocycles. The lowest BCUT2D eigenvalue weighted by atomic mass is 10.0. The Morgan fingerprint density at radius 3 is 2.21 bits per heavy atom. The van der Waals surface area contributed by atoms with Crippen molar-refractivity contribution in [2.75, 3.05) is 0 Å². The second-order valence-corrected chi connectivity index (χ2v) is 3.27. The molecule has 2 heteroatoms. The van der Waals surface area contributed by atoms with E-state index in [4.69, 9.17) is 0 Å². The van der Waals surface area contributed by atoms with Gasteiger partial charge < -0.3 is 0 Å². The van der Waals surface area contributed by atoms with Gasteiger partial charge in [0, 0.05) is 12.5 Å². The van der Waals surface area contributed by atoms with Crippen molar-refractivity contribution in [2.45, 2.75) is 5.92 Å². The summed E-state index contributed by atoms with van der Waals surface area (Å²) in [4.78, 5) is 0. The Morgan fingerprint density at radius 2 is 1.57 bits per heavy atom. The van der Waals surface area contributed by atoms with Gasteiger partial charge in [0.25, 0.3) is 5.92 Å². The molecular formula is C12H9F2. The van der Waals surface area contributed by atoms with Crippen LogP contribution in [0.5, 0.6) is 0 Å². The highest BCUT2D eigenvalue weighted by Crippen LogP contribution is 2.28. The van der Waals surface area contributed by atoms with Gasteiger partial charge in [-0.25, -0.2) is 8.78 Å². The largest absolute Gasteiger partial charge is 0.273 e. The Hall–Kier alpha value is -1.44. The normalized spacial score (nSPS) is 11.9. The topological polar surface area (TPSA) is 0 Å². The summed E-state index contributed by atoms with van der Waals surface area (Å²) in [6.07, 6.45) is 0. The summed E-state index contributed by atoms with van der Waals surface area (Å²) < 4.78 is 25.7. The van der Waals surface area contributed by atoms with Gasteiger partial charge in [0.15, 0.2) is 0 Å². The molecule has 2 aromatic rings. The van der Waals surface area contributed by atoms with E-state index in [1.807, 2.05) is 24.3 Å². The maximum absolute atomic E-state index is 12.9. The summed E-state index contributed by atoms with van der Waals surface area (Å²) in [6.45, 7) is 2.81. The number of hydrogen-bond donors (Lipinski definition) is 0. The first kappa shape index (κ1) is 9.13. The lowest BCUT2D eigenvalue weighted by molar-refractivity contribution is 0.0488. The molecule has 1 radical (unpaired) electrons. The summed E-state index contributed by atoms with van der Waals surface area (Å²) in [7, 11) is 0. The van der Waals surface area contributed by atoms with E-state index in [9.17, 15) is 8.78 Å². The zero-order valence-corrected chi connectivity index (χ0v) is 7.50. The molecule has 0 nitrogen and oxygen atoms in total. The first-order valence-corrected chi connectivity index (χ1v) is 4.30. The minimum Gasteiger partial charge on any atom is -0.201 e. The van der Waals surface area contributed by atoms with E-state index in [0.29, 0.717) is 0 Å². The average molecular weight is 191 g/mol. The van der Waals surface area contributed by atoms with Gasteiger partial charge in [-0.2, -0.15) is 0 Å². The van der Waals surface area contributed by atoms with E-state index in [0.717, 1.165) is 10.8 Å². The fourth-order valence-electron chi connectivity index (χ4n) is 1.42. The Kier molecular flexibility index (Phi) is 1.99. The van der Waals surface area contributed by atoms with E-state index in [1.165, 1.54) is 12.1 Å². The van der Waals surface area contributed by atoms with Gasteiger partial charge in [-0.3, -0.25) is 0 Å². The first-order valence-electron chi connectivity index (χ1n) is 4.30. The average Bonchev–Trinajstić information content (AvgIpc) is 2.16. The Bertz CT molecular complexity index is 455. The second kappa shape index (κ2) is 3.05. The van der Waals surface area contributed by atoms with Crippen LogP contribution in [0.15, 0.2) is 42.5 Å². The predicted molar refractivity (Wildman–Crippen MR) is 53.2 cm³/mol. The van der Waals surface area contributed by atoms with Crippen LogP contribution in [-0.2, 0) is 5.92 Å². The summed E-state index contributed by atoms with van der Waals surface area (Å²) in [5.74, 6) is -3.01. The van der Waals surface area contributed by atoms with Gasteiger partial charge in [0.1, 0.15) is 0 Å². The highest BCUT2D eigenvalue weighted by Gasteiger charge is 2.24. The molecule has 14 heavy (non-hydrogen) atoms. The Morgan fingerprint density at radius 1 is 0.929 bits per heavy atom. The van der Waals surface area contributed by atoms with Crippen LogP contribution in [0, 0.1) is 6.92 Å². The van der Waals surface area contributed by atoms with E-state index in [-0.39, 0.29) is 5.56 Å². The monoisotopic (exact) mass is 191 g/mol. The molecule has 0 aliphatic rings. The standard InChI is InChI=1S/C12H9F2/c1-12(13,14)11-7-6-9-4-2-3-5-10(9)8-11/h2-8H,1H2. The van der Waals surface area contributed by atoms with Crippen LogP contribution in [0.3, 0.4) is 0 Å². The SMILES string of the molecule is [CH2]C(F)(F)c1ccc2ccccc2c1. The zero-order chi connectivity index (χ0) is 10.2. The van der Waals surface area contributed by atoms with Gasteiger partial charge in [-0.15, -0.1) is 0 Å². The number of halogens is 2. The number of alkyl halides is 2. The van der Waals surface area contributed by atoms with Crippen molar-refractivity contribution in [1.29, 1.82) is 0 Å². The van der Waals surface area contributed by atoms with Crippen LogP contribution >= 0.6 is 0 Å². The van der Waals surface area contributed by atoms with Crippen molar-refractivity contribution >= 4 is 10.8 Å². The quantitative estimate of drug-likeness (QED) is 0.643. The second-order valence-electron chi connectivity index (χ2n) is 3.27. The predicted octanol–water partition coefficient (Wildman–Crippen LogP) is 3.77. The van der Waals surface area contributed by atoms with Crippen molar-refractivity contribution in [3.63, 3.8) is 0 Å². The molecule has 0 N–H and O–H groups in total. The van der Waals surface area contributed by atoms with Gasteiger partial charge in [0.05, 0.1) is 0 Å². The summed E-state index contributed by atoms with van der Waals surface area (Å²) >= 11 is 0. The minimum atomic E-state index is -3.01. The van der Waals surface area contributed by atoms with Crippen LogP contribution in [0.1, 0.15) is 5.56 Å². The smallest absolute Gasteiger partial charge is 0.201 e. The molecule has 0 spiro atoms. The van der Waals surface area contributed by atoms with Crippen LogP contribution in [0.25, 0.3) is 10.8 Å².